The molecule has 0 amide bonds. The fourth-order valence-corrected chi connectivity index (χ4v) is 1.16. The normalized spacial score (nSPS) is 12.5. The van der Waals surface area contributed by atoms with Gasteiger partial charge in [0.15, 0.2) is 0 Å². The molecule has 0 aromatic heterocycles. The molecule has 3 nitrogen and oxygen atoms in total. The molecule has 0 radical (unpaired) electrons. The van der Waals surface area contributed by atoms with Crippen molar-refractivity contribution in [2.45, 2.75) is 19.4 Å². The molecule has 0 unspecified atom stereocenters. The molecule has 1 rings (SSSR count). The Balaban J connectivity index is 2.43. The van der Waals surface area contributed by atoms with E-state index in [1.165, 1.54) is 5.56 Å². The quantitative estimate of drug-likeness (QED) is 0.657. The van der Waals surface area contributed by atoms with Crippen molar-refractivity contribution in [3.05, 3.63) is 29.8 Å². The van der Waals surface area contributed by atoms with Gasteiger partial charge in [0.2, 0.25) is 0 Å². The fraction of sp³-hybridized carbons (Fsp3) is 0.455. The predicted molar refractivity (Wildman–Crippen MR) is 57.4 cm³/mol. The number of aliphatic hydroxyl groups excluding tert-OH is 2. The zero-order valence-corrected chi connectivity index (χ0v) is 8.40. The SMILES string of the molecule is CCc1ccc(NC[C@H](O)CO)cc1. The van der Waals surface area contributed by atoms with Crippen LogP contribution in [0.1, 0.15) is 12.5 Å². The summed E-state index contributed by atoms with van der Waals surface area (Å²) in [6.07, 6.45) is 0.334. The Labute approximate surface area is 84.4 Å². The van der Waals surface area contributed by atoms with E-state index in [1.54, 1.807) is 0 Å². The molecule has 1 aromatic carbocycles. The smallest absolute Gasteiger partial charge is 0.0942 e. The van der Waals surface area contributed by atoms with E-state index in [-0.39, 0.29) is 6.61 Å². The average molecular weight is 195 g/mol. The Bertz CT molecular complexity index is 258. The van der Waals surface area contributed by atoms with E-state index < -0.39 is 6.10 Å². The third-order valence-electron chi connectivity index (χ3n) is 2.11. The van der Waals surface area contributed by atoms with Crippen LogP contribution in [0.15, 0.2) is 24.3 Å². The van der Waals surface area contributed by atoms with Gasteiger partial charge in [-0.25, -0.2) is 0 Å². The van der Waals surface area contributed by atoms with E-state index in [0.29, 0.717) is 6.54 Å². The lowest BCUT2D eigenvalue weighted by Crippen LogP contribution is -2.22. The van der Waals surface area contributed by atoms with Crippen molar-refractivity contribution in [3.63, 3.8) is 0 Å². The van der Waals surface area contributed by atoms with Gasteiger partial charge in [-0.1, -0.05) is 19.1 Å². The summed E-state index contributed by atoms with van der Waals surface area (Å²) in [7, 11) is 0. The Hall–Kier alpha value is -1.06. The van der Waals surface area contributed by atoms with Gasteiger partial charge in [-0.2, -0.15) is 0 Å². The molecule has 0 aliphatic heterocycles. The van der Waals surface area contributed by atoms with Crippen molar-refractivity contribution in [2.24, 2.45) is 0 Å². The monoisotopic (exact) mass is 195 g/mol. The first kappa shape index (κ1) is 11.0. The maximum atomic E-state index is 9.11. The second-order valence-corrected chi connectivity index (χ2v) is 3.27. The first-order valence-electron chi connectivity index (χ1n) is 4.88. The molecule has 0 spiro atoms. The number of aryl methyl sites for hydroxylation is 1. The minimum absolute atomic E-state index is 0.208. The zero-order chi connectivity index (χ0) is 10.4. The first-order chi connectivity index (χ1) is 6.76. The molecule has 0 bridgehead atoms. The second-order valence-electron chi connectivity index (χ2n) is 3.27. The second kappa shape index (κ2) is 5.62. The highest BCUT2D eigenvalue weighted by Gasteiger charge is 2.00. The molecule has 0 aliphatic rings. The number of benzene rings is 1. The summed E-state index contributed by atoms with van der Waals surface area (Å²) in [6, 6.07) is 8.05. The number of anilines is 1. The first-order valence-corrected chi connectivity index (χ1v) is 4.88. The number of hydrogen-bond donors (Lipinski definition) is 3. The van der Waals surface area contributed by atoms with Crippen LogP contribution in [0.25, 0.3) is 0 Å². The van der Waals surface area contributed by atoms with E-state index in [9.17, 15) is 0 Å². The summed E-state index contributed by atoms with van der Waals surface area (Å²) in [5, 5.41) is 20.7. The molecule has 0 heterocycles. The van der Waals surface area contributed by atoms with Crippen LogP contribution in [0.4, 0.5) is 5.69 Å². The molecular weight excluding hydrogens is 178 g/mol. The number of nitrogens with one attached hydrogen (secondary N) is 1. The lowest BCUT2D eigenvalue weighted by Gasteiger charge is -2.10. The average Bonchev–Trinajstić information content (AvgIpc) is 2.26. The van der Waals surface area contributed by atoms with Crippen molar-refractivity contribution in [3.8, 4) is 0 Å². The number of hydrogen-bond acceptors (Lipinski definition) is 3. The summed E-state index contributed by atoms with van der Waals surface area (Å²) in [5.74, 6) is 0. The van der Waals surface area contributed by atoms with Gasteiger partial charge < -0.3 is 15.5 Å². The molecule has 14 heavy (non-hydrogen) atoms. The van der Waals surface area contributed by atoms with Gasteiger partial charge in [-0.05, 0) is 24.1 Å². The minimum Gasteiger partial charge on any atom is -0.394 e. The topological polar surface area (TPSA) is 52.5 Å². The van der Waals surface area contributed by atoms with Crippen molar-refractivity contribution < 1.29 is 10.2 Å². The summed E-state index contributed by atoms with van der Waals surface area (Å²) in [4.78, 5) is 0. The third-order valence-corrected chi connectivity index (χ3v) is 2.11. The van der Waals surface area contributed by atoms with Crippen LogP contribution < -0.4 is 5.32 Å². The minimum atomic E-state index is -0.694. The number of rotatable bonds is 5. The molecule has 78 valence electrons. The van der Waals surface area contributed by atoms with Gasteiger partial charge in [0.1, 0.15) is 0 Å². The highest BCUT2D eigenvalue weighted by atomic mass is 16.3. The van der Waals surface area contributed by atoms with Crippen molar-refractivity contribution in [2.75, 3.05) is 18.5 Å². The van der Waals surface area contributed by atoms with Gasteiger partial charge in [0, 0.05) is 12.2 Å². The van der Waals surface area contributed by atoms with Gasteiger partial charge in [-0.3, -0.25) is 0 Å². The van der Waals surface area contributed by atoms with Gasteiger partial charge in [0.25, 0.3) is 0 Å². The lowest BCUT2D eigenvalue weighted by molar-refractivity contribution is 0.105. The molecular formula is C11H17NO2. The van der Waals surface area contributed by atoms with E-state index in [4.69, 9.17) is 10.2 Å². The van der Waals surface area contributed by atoms with Crippen LogP contribution in [-0.2, 0) is 6.42 Å². The van der Waals surface area contributed by atoms with Crippen LogP contribution >= 0.6 is 0 Å². The van der Waals surface area contributed by atoms with Crippen LogP contribution in [0.3, 0.4) is 0 Å². The Kier molecular flexibility index (Phi) is 4.43. The molecule has 3 N–H and O–H groups in total. The highest BCUT2D eigenvalue weighted by molar-refractivity contribution is 5.44. The molecule has 1 atom stereocenters. The summed E-state index contributed by atoms with van der Waals surface area (Å²) < 4.78 is 0. The van der Waals surface area contributed by atoms with Gasteiger partial charge in [0.05, 0.1) is 12.7 Å². The Morgan fingerprint density at radius 1 is 1.29 bits per heavy atom. The highest BCUT2D eigenvalue weighted by Crippen LogP contribution is 2.09. The van der Waals surface area contributed by atoms with Gasteiger partial charge in [-0.15, -0.1) is 0 Å². The van der Waals surface area contributed by atoms with Crippen molar-refractivity contribution >= 4 is 5.69 Å². The predicted octanol–water partition coefficient (Wildman–Crippen LogP) is 1.01. The Morgan fingerprint density at radius 2 is 1.93 bits per heavy atom. The van der Waals surface area contributed by atoms with E-state index in [1.807, 2.05) is 24.3 Å². The maximum absolute atomic E-state index is 9.11. The van der Waals surface area contributed by atoms with Crippen LogP contribution in [0.2, 0.25) is 0 Å². The maximum Gasteiger partial charge on any atom is 0.0942 e. The van der Waals surface area contributed by atoms with E-state index in [2.05, 4.69) is 12.2 Å². The molecule has 0 saturated heterocycles. The van der Waals surface area contributed by atoms with Crippen LogP contribution in [0, 0.1) is 0 Å². The van der Waals surface area contributed by atoms with E-state index in [0.717, 1.165) is 12.1 Å². The zero-order valence-electron chi connectivity index (χ0n) is 8.40. The molecule has 0 saturated carbocycles. The summed E-state index contributed by atoms with van der Waals surface area (Å²) >= 11 is 0. The summed E-state index contributed by atoms with van der Waals surface area (Å²) in [5.41, 5.74) is 2.26. The fourth-order valence-electron chi connectivity index (χ4n) is 1.16. The molecule has 0 fully saturated rings. The molecule has 1 aromatic rings. The van der Waals surface area contributed by atoms with Crippen molar-refractivity contribution in [1.29, 1.82) is 0 Å². The van der Waals surface area contributed by atoms with E-state index >= 15 is 0 Å². The number of aliphatic hydroxyl groups is 2. The lowest BCUT2D eigenvalue weighted by atomic mass is 10.1. The Morgan fingerprint density at radius 3 is 2.43 bits per heavy atom. The van der Waals surface area contributed by atoms with Gasteiger partial charge >= 0.3 is 0 Å². The summed E-state index contributed by atoms with van der Waals surface area (Å²) in [6.45, 7) is 2.28. The van der Waals surface area contributed by atoms with Crippen LogP contribution in [-0.4, -0.2) is 29.5 Å². The largest absolute Gasteiger partial charge is 0.394 e. The van der Waals surface area contributed by atoms with Crippen molar-refractivity contribution in [1.82, 2.24) is 0 Å². The molecule has 3 heteroatoms. The standard InChI is InChI=1S/C11H17NO2/c1-2-9-3-5-10(6-4-9)12-7-11(14)8-13/h3-6,11-14H,2,7-8H2,1H3/t11-/m0/s1. The van der Waals surface area contributed by atoms with Crippen LogP contribution in [0.5, 0.6) is 0 Å². The third kappa shape index (κ3) is 3.36. The molecule has 0 aliphatic carbocycles.